The SMILES string of the molecule is OC1CC(CNCc2cccc(F)c2Br)C1. The van der Waals surface area contributed by atoms with Gasteiger partial charge in [-0.25, -0.2) is 4.39 Å². The maximum absolute atomic E-state index is 13.2. The summed E-state index contributed by atoms with van der Waals surface area (Å²) < 4.78 is 13.7. The minimum atomic E-state index is -0.224. The molecule has 2 N–H and O–H groups in total. The first-order valence-corrected chi connectivity index (χ1v) is 6.28. The van der Waals surface area contributed by atoms with E-state index in [1.807, 2.05) is 6.07 Å². The van der Waals surface area contributed by atoms with Crippen LogP contribution in [0.5, 0.6) is 0 Å². The molecular weight excluding hydrogens is 273 g/mol. The van der Waals surface area contributed by atoms with E-state index < -0.39 is 0 Å². The lowest BCUT2D eigenvalue weighted by Crippen LogP contribution is -2.35. The van der Waals surface area contributed by atoms with Gasteiger partial charge in [-0.05, 0) is 52.9 Å². The second kappa shape index (κ2) is 5.25. The van der Waals surface area contributed by atoms with Crippen molar-refractivity contribution in [2.45, 2.75) is 25.5 Å². The molecule has 0 atom stereocenters. The Morgan fingerprint density at radius 2 is 2.19 bits per heavy atom. The third-order valence-electron chi connectivity index (χ3n) is 2.99. The Labute approximate surface area is 103 Å². The van der Waals surface area contributed by atoms with E-state index in [1.54, 1.807) is 6.07 Å². The average molecular weight is 288 g/mol. The van der Waals surface area contributed by atoms with Gasteiger partial charge >= 0.3 is 0 Å². The van der Waals surface area contributed by atoms with Gasteiger partial charge in [0.15, 0.2) is 0 Å². The molecule has 1 aromatic rings. The largest absolute Gasteiger partial charge is 0.393 e. The summed E-state index contributed by atoms with van der Waals surface area (Å²) in [6.45, 7) is 1.55. The molecule has 1 saturated carbocycles. The van der Waals surface area contributed by atoms with Gasteiger partial charge in [-0.3, -0.25) is 0 Å². The third kappa shape index (κ3) is 2.81. The summed E-state index contributed by atoms with van der Waals surface area (Å²) in [7, 11) is 0. The maximum Gasteiger partial charge on any atom is 0.137 e. The number of aliphatic hydroxyl groups excluding tert-OH is 1. The molecule has 0 aromatic heterocycles. The van der Waals surface area contributed by atoms with Crippen LogP contribution in [0.4, 0.5) is 4.39 Å². The summed E-state index contributed by atoms with van der Waals surface area (Å²) >= 11 is 3.23. The van der Waals surface area contributed by atoms with E-state index in [9.17, 15) is 4.39 Å². The van der Waals surface area contributed by atoms with Crippen molar-refractivity contribution in [2.24, 2.45) is 5.92 Å². The Balaban J connectivity index is 1.79. The first-order chi connectivity index (χ1) is 7.66. The maximum atomic E-state index is 13.2. The predicted octanol–water partition coefficient (Wildman–Crippen LogP) is 2.45. The normalized spacial score (nSPS) is 24.2. The Kier molecular flexibility index (Phi) is 3.95. The Morgan fingerprint density at radius 3 is 2.88 bits per heavy atom. The molecule has 2 nitrogen and oxygen atoms in total. The van der Waals surface area contributed by atoms with E-state index >= 15 is 0 Å². The topological polar surface area (TPSA) is 32.3 Å². The minimum absolute atomic E-state index is 0.104. The van der Waals surface area contributed by atoms with Crippen LogP contribution in [0, 0.1) is 11.7 Å². The van der Waals surface area contributed by atoms with Gasteiger partial charge in [0.1, 0.15) is 5.82 Å². The van der Waals surface area contributed by atoms with E-state index in [0.29, 0.717) is 16.9 Å². The summed E-state index contributed by atoms with van der Waals surface area (Å²) in [4.78, 5) is 0. The highest BCUT2D eigenvalue weighted by molar-refractivity contribution is 9.10. The van der Waals surface area contributed by atoms with Gasteiger partial charge in [-0.1, -0.05) is 12.1 Å². The second-order valence-electron chi connectivity index (χ2n) is 4.34. The van der Waals surface area contributed by atoms with Gasteiger partial charge in [-0.15, -0.1) is 0 Å². The lowest BCUT2D eigenvalue weighted by molar-refractivity contribution is 0.0429. The number of hydrogen-bond acceptors (Lipinski definition) is 2. The molecule has 0 amide bonds. The molecule has 16 heavy (non-hydrogen) atoms. The molecule has 1 aliphatic rings. The quantitative estimate of drug-likeness (QED) is 0.892. The van der Waals surface area contributed by atoms with Crippen LogP contribution in [0.3, 0.4) is 0 Å². The molecule has 0 bridgehead atoms. The highest BCUT2D eigenvalue weighted by Gasteiger charge is 2.26. The van der Waals surface area contributed by atoms with E-state index in [1.165, 1.54) is 6.07 Å². The Hall–Kier alpha value is -0.450. The molecule has 0 radical (unpaired) electrons. The van der Waals surface area contributed by atoms with Crippen molar-refractivity contribution >= 4 is 15.9 Å². The van der Waals surface area contributed by atoms with Gasteiger partial charge in [0.05, 0.1) is 10.6 Å². The summed E-state index contributed by atoms with van der Waals surface area (Å²) in [5, 5.41) is 12.4. The van der Waals surface area contributed by atoms with Crippen LogP contribution in [0.2, 0.25) is 0 Å². The smallest absolute Gasteiger partial charge is 0.137 e. The molecule has 1 aromatic carbocycles. The van der Waals surface area contributed by atoms with Crippen LogP contribution < -0.4 is 5.32 Å². The van der Waals surface area contributed by atoms with Crippen molar-refractivity contribution in [3.63, 3.8) is 0 Å². The molecule has 4 heteroatoms. The number of benzene rings is 1. The zero-order valence-electron chi connectivity index (χ0n) is 8.92. The van der Waals surface area contributed by atoms with Crippen LogP contribution in [0.25, 0.3) is 0 Å². The molecule has 0 heterocycles. The lowest BCUT2D eigenvalue weighted by atomic mass is 9.82. The van der Waals surface area contributed by atoms with Gasteiger partial charge in [0.2, 0.25) is 0 Å². The van der Waals surface area contributed by atoms with Crippen LogP contribution in [0.1, 0.15) is 18.4 Å². The molecular formula is C12H15BrFNO. The van der Waals surface area contributed by atoms with Crippen molar-refractivity contribution in [1.82, 2.24) is 5.32 Å². The summed E-state index contributed by atoms with van der Waals surface area (Å²) in [6.07, 6.45) is 1.67. The molecule has 0 saturated heterocycles. The van der Waals surface area contributed by atoms with Crippen molar-refractivity contribution in [2.75, 3.05) is 6.54 Å². The first kappa shape index (κ1) is 12.0. The molecule has 2 rings (SSSR count). The second-order valence-corrected chi connectivity index (χ2v) is 5.13. The minimum Gasteiger partial charge on any atom is -0.393 e. The standard InChI is InChI=1S/C12H15BrFNO/c13-12-9(2-1-3-11(12)14)7-15-6-8-4-10(16)5-8/h1-3,8,10,15-16H,4-7H2. The highest BCUT2D eigenvalue weighted by Crippen LogP contribution is 2.26. The third-order valence-corrected chi connectivity index (χ3v) is 3.88. The van der Waals surface area contributed by atoms with Crippen molar-refractivity contribution in [3.8, 4) is 0 Å². The highest BCUT2D eigenvalue weighted by atomic mass is 79.9. The van der Waals surface area contributed by atoms with Gasteiger partial charge < -0.3 is 10.4 Å². The number of aliphatic hydroxyl groups is 1. The summed E-state index contributed by atoms with van der Waals surface area (Å²) in [6, 6.07) is 5.05. The number of nitrogens with one attached hydrogen (secondary N) is 1. The monoisotopic (exact) mass is 287 g/mol. The number of hydrogen-bond donors (Lipinski definition) is 2. The van der Waals surface area contributed by atoms with Gasteiger partial charge in [0, 0.05) is 6.54 Å². The fraction of sp³-hybridized carbons (Fsp3) is 0.500. The van der Waals surface area contributed by atoms with Crippen LogP contribution >= 0.6 is 15.9 Å². The fourth-order valence-electron chi connectivity index (χ4n) is 1.96. The van der Waals surface area contributed by atoms with E-state index in [4.69, 9.17) is 5.11 Å². The fourth-order valence-corrected chi connectivity index (χ4v) is 2.37. The number of halogens is 2. The van der Waals surface area contributed by atoms with Crippen LogP contribution in [-0.2, 0) is 6.54 Å². The zero-order valence-corrected chi connectivity index (χ0v) is 10.5. The van der Waals surface area contributed by atoms with E-state index in [0.717, 1.165) is 24.9 Å². The Morgan fingerprint density at radius 1 is 1.44 bits per heavy atom. The molecule has 88 valence electrons. The molecule has 0 aliphatic heterocycles. The molecule has 1 aliphatic carbocycles. The van der Waals surface area contributed by atoms with Crippen LogP contribution in [0.15, 0.2) is 22.7 Å². The van der Waals surface area contributed by atoms with E-state index in [-0.39, 0.29) is 11.9 Å². The van der Waals surface area contributed by atoms with Crippen molar-refractivity contribution in [1.29, 1.82) is 0 Å². The molecule has 1 fully saturated rings. The van der Waals surface area contributed by atoms with Crippen molar-refractivity contribution in [3.05, 3.63) is 34.1 Å². The first-order valence-electron chi connectivity index (χ1n) is 5.48. The zero-order chi connectivity index (χ0) is 11.5. The molecule has 0 spiro atoms. The van der Waals surface area contributed by atoms with E-state index in [2.05, 4.69) is 21.2 Å². The predicted molar refractivity (Wildman–Crippen MR) is 64.5 cm³/mol. The van der Waals surface area contributed by atoms with Gasteiger partial charge in [-0.2, -0.15) is 0 Å². The summed E-state index contributed by atoms with van der Waals surface area (Å²) in [5.74, 6) is 0.348. The lowest BCUT2D eigenvalue weighted by Gasteiger charge is -2.31. The van der Waals surface area contributed by atoms with Crippen LogP contribution in [-0.4, -0.2) is 17.8 Å². The van der Waals surface area contributed by atoms with Crippen molar-refractivity contribution < 1.29 is 9.50 Å². The summed E-state index contributed by atoms with van der Waals surface area (Å²) in [5.41, 5.74) is 0.930. The Bertz CT molecular complexity index is 366. The molecule has 0 unspecified atom stereocenters. The number of rotatable bonds is 4. The average Bonchev–Trinajstić information content (AvgIpc) is 2.21. The van der Waals surface area contributed by atoms with Gasteiger partial charge in [0.25, 0.3) is 0 Å².